The van der Waals surface area contributed by atoms with Crippen molar-refractivity contribution in [2.45, 2.75) is 26.7 Å². The monoisotopic (exact) mass is 205 g/mol. The molecular weight excluding hydrogens is 190 g/mol. The molecule has 80 valence electrons. The molecule has 1 heterocycles. The molecule has 1 aromatic heterocycles. The van der Waals surface area contributed by atoms with Crippen molar-refractivity contribution in [2.24, 2.45) is 5.10 Å². The van der Waals surface area contributed by atoms with Gasteiger partial charge >= 0.3 is 0 Å². The topological polar surface area (TPSA) is 54.4 Å². The quantitative estimate of drug-likeness (QED) is 0.603. The number of aromatic nitrogens is 1. The highest BCUT2D eigenvalue weighted by molar-refractivity contribution is 5.93. The Labute approximate surface area is 89.4 Å². The average molecular weight is 205 g/mol. The maximum absolute atomic E-state index is 11.5. The molecule has 0 aliphatic rings. The van der Waals surface area contributed by atoms with E-state index in [2.05, 4.69) is 22.4 Å². The van der Waals surface area contributed by atoms with Crippen LogP contribution in [0.3, 0.4) is 0 Å². The fourth-order valence-corrected chi connectivity index (χ4v) is 1.12. The van der Waals surface area contributed by atoms with E-state index in [9.17, 15) is 4.79 Å². The van der Waals surface area contributed by atoms with E-state index in [1.165, 1.54) is 0 Å². The van der Waals surface area contributed by atoms with Crippen molar-refractivity contribution in [1.82, 2.24) is 10.4 Å². The summed E-state index contributed by atoms with van der Waals surface area (Å²) in [6.07, 6.45) is 3.49. The number of carbonyl (C=O) groups excluding carboxylic acids is 1. The number of pyridine rings is 1. The molecule has 0 spiro atoms. The van der Waals surface area contributed by atoms with Gasteiger partial charge in [-0.15, -0.1) is 0 Å². The van der Waals surface area contributed by atoms with Crippen LogP contribution < -0.4 is 5.43 Å². The van der Waals surface area contributed by atoms with E-state index in [1.54, 1.807) is 24.4 Å². The molecule has 0 aromatic carbocycles. The molecule has 0 unspecified atom stereocenters. The van der Waals surface area contributed by atoms with Crippen LogP contribution in [-0.2, 0) is 0 Å². The number of hydrogen-bond donors (Lipinski definition) is 1. The zero-order chi connectivity index (χ0) is 11.1. The molecule has 15 heavy (non-hydrogen) atoms. The summed E-state index contributed by atoms with van der Waals surface area (Å²) in [6, 6.07) is 5.19. The highest BCUT2D eigenvalue weighted by Crippen LogP contribution is 1.94. The molecule has 1 N–H and O–H groups in total. The van der Waals surface area contributed by atoms with Gasteiger partial charge in [-0.05, 0) is 25.5 Å². The first-order valence-corrected chi connectivity index (χ1v) is 4.98. The Morgan fingerprint density at radius 1 is 1.53 bits per heavy atom. The Hall–Kier alpha value is -1.71. The summed E-state index contributed by atoms with van der Waals surface area (Å²) in [5, 5.41) is 3.97. The van der Waals surface area contributed by atoms with Crippen molar-refractivity contribution in [2.75, 3.05) is 0 Å². The first-order valence-electron chi connectivity index (χ1n) is 4.98. The summed E-state index contributed by atoms with van der Waals surface area (Å²) in [7, 11) is 0. The number of nitrogens with one attached hydrogen (secondary N) is 1. The summed E-state index contributed by atoms with van der Waals surface area (Å²) < 4.78 is 0. The second kappa shape index (κ2) is 5.90. The van der Waals surface area contributed by atoms with E-state index in [4.69, 9.17) is 0 Å². The molecule has 1 aromatic rings. The molecule has 1 amide bonds. The first-order chi connectivity index (χ1) is 7.24. The van der Waals surface area contributed by atoms with Crippen molar-refractivity contribution in [1.29, 1.82) is 0 Å². The van der Waals surface area contributed by atoms with Crippen molar-refractivity contribution < 1.29 is 4.79 Å². The Bertz CT molecular complexity index is 346. The first kappa shape index (κ1) is 11.4. The predicted molar refractivity (Wildman–Crippen MR) is 59.7 cm³/mol. The molecular formula is C11H15N3O. The lowest BCUT2D eigenvalue weighted by molar-refractivity contribution is 0.0949. The van der Waals surface area contributed by atoms with Crippen LogP contribution in [0.4, 0.5) is 0 Å². The van der Waals surface area contributed by atoms with Crippen LogP contribution in [0, 0.1) is 0 Å². The van der Waals surface area contributed by atoms with Gasteiger partial charge in [-0.25, -0.2) is 5.43 Å². The summed E-state index contributed by atoms with van der Waals surface area (Å²) >= 11 is 0. The van der Waals surface area contributed by atoms with E-state index in [0.29, 0.717) is 5.69 Å². The van der Waals surface area contributed by atoms with Crippen molar-refractivity contribution in [3.63, 3.8) is 0 Å². The third-order valence-electron chi connectivity index (χ3n) is 1.86. The number of nitrogens with zero attached hydrogens (tertiary/aromatic N) is 2. The van der Waals surface area contributed by atoms with Crippen LogP contribution in [-0.4, -0.2) is 16.6 Å². The van der Waals surface area contributed by atoms with Crippen molar-refractivity contribution in [3.8, 4) is 0 Å². The van der Waals surface area contributed by atoms with Gasteiger partial charge in [-0.3, -0.25) is 9.78 Å². The van der Waals surface area contributed by atoms with Crippen LogP contribution in [0.25, 0.3) is 0 Å². The van der Waals surface area contributed by atoms with Crippen LogP contribution in [0.15, 0.2) is 29.5 Å². The summed E-state index contributed by atoms with van der Waals surface area (Å²) in [5.74, 6) is -0.272. The molecule has 0 atom stereocenters. The van der Waals surface area contributed by atoms with Gasteiger partial charge in [0.05, 0.1) is 0 Å². The molecule has 0 aliphatic carbocycles. The summed E-state index contributed by atoms with van der Waals surface area (Å²) in [6.45, 7) is 3.96. The normalized spacial score (nSPS) is 11.2. The lowest BCUT2D eigenvalue weighted by atomic mass is 10.2. The third kappa shape index (κ3) is 3.89. The zero-order valence-electron chi connectivity index (χ0n) is 9.03. The maximum atomic E-state index is 11.5. The Morgan fingerprint density at radius 2 is 2.33 bits per heavy atom. The second-order valence-corrected chi connectivity index (χ2v) is 3.25. The molecule has 1 rings (SSSR count). The molecule has 0 bridgehead atoms. The highest BCUT2D eigenvalue weighted by Gasteiger charge is 2.03. The standard InChI is InChI=1S/C11H15N3O/c1-3-6-9(2)13-14-11(15)10-7-4-5-8-12-10/h4-5,7-8H,3,6H2,1-2H3,(H,14,15)/b13-9-. The van der Waals surface area contributed by atoms with E-state index < -0.39 is 0 Å². The van der Waals surface area contributed by atoms with Crippen LogP contribution in [0.1, 0.15) is 37.2 Å². The fraction of sp³-hybridized carbons (Fsp3) is 0.364. The van der Waals surface area contributed by atoms with Crippen LogP contribution in [0.5, 0.6) is 0 Å². The number of hydrazone groups is 1. The van der Waals surface area contributed by atoms with Gasteiger partial charge in [0.25, 0.3) is 5.91 Å². The van der Waals surface area contributed by atoms with Gasteiger partial charge in [0.2, 0.25) is 0 Å². The van der Waals surface area contributed by atoms with E-state index >= 15 is 0 Å². The molecule has 4 heteroatoms. The Balaban J connectivity index is 2.54. The minimum absolute atomic E-state index is 0.272. The molecule has 0 saturated heterocycles. The maximum Gasteiger partial charge on any atom is 0.289 e. The second-order valence-electron chi connectivity index (χ2n) is 3.25. The van der Waals surface area contributed by atoms with Gasteiger partial charge < -0.3 is 0 Å². The minimum Gasteiger partial charge on any atom is -0.266 e. The van der Waals surface area contributed by atoms with E-state index in [-0.39, 0.29) is 5.91 Å². The lowest BCUT2D eigenvalue weighted by Gasteiger charge is -2.00. The van der Waals surface area contributed by atoms with E-state index in [1.807, 2.05) is 6.92 Å². The largest absolute Gasteiger partial charge is 0.289 e. The van der Waals surface area contributed by atoms with Gasteiger partial charge in [-0.2, -0.15) is 5.10 Å². The van der Waals surface area contributed by atoms with E-state index in [0.717, 1.165) is 18.6 Å². The smallest absolute Gasteiger partial charge is 0.266 e. The zero-order valence-corrected chi connectivity index (χ0v) is 9.03. The van der Waals surface area contributed by atoms with Gasteiger partial charge in [0.1, 0.15) is 5.69 Å². The summed E-state index contributed by atoms with van der Waals surface area (Å²) in [5.41, 5.74) is 3.77. The summed E-state index contributed by atoms with van der Waals surface area (Å²) in [4.78, 5) is 15.4. The number of amides is 1. The number of hydrogen-bond acceptors (Lipinski definition) is 3. The van der Waals surface area contributed by atoms with Crippen LogP contribution in [0.2, 0.25) is 0 Å². The molecule has 0 saturated carbocycles. The lowest BCUT2D eigenvalue weighted by Crippen LogP contribution is -2.20. The van der Waals surface area contributed by atoms with Gasteiger partial charge in [0, 0.05) is 11.9 Å². The molecule has 0 aliphatic heterocycles. The SMILES string of the molecule is CCC/C(C)=N\NC(=O)c1ccccn1. The molecule has 0 radical (unpaired) electrons. The number of carbonyl (C=O) groups is 1. The molecule has 0 fully saturated rings. The van der Waals surface area contributed by atoms with Crippen LogP contribution >= 0.6 is 0 Å². The van der Waals surface area contributed by atoms with Crippen molar-refractivity contribution >= 4 is 11.6 Å². The average Bonchev–Trinajstić information content (AvgIpc) is 2.27. The fourth-order valence-electron chi connectivity index (χ4n) is 1.12. The van der Waals surface area contributed by atoms with Gasteiger partial charge in [0.15, 0.2) is 0 Å². The number of rotatable bonds is 4. The Morgan fingerprint density at radius 3 is 2.93 bits per heavy atom. The molecule has 4 nitrogen and oxygen atoms in total. The Kier molecular flexibility index (Phi) is 4.47. The minimum atomic E-state index is -0.272. The highest BCUT2D eigenvalue weighted by atomic mass is 16.2. The third-order valence-corrected chi connectivity index (χ3v) is 1.86. The predicted octanol–water partition coefficient (Wildman–Crippen LogP) is 1.99. The van der Waals surface area contributed by atoms with Crippen molar-refractivity contribution in [3.05, 3.63) is 30.1 Å². The van der Waals surface area contributed by atoms with Gasteiger partial charge in [-0.1, -0.05) is 19.4 Å².